The fourth-order valence-corrected chi connectivity index (χ4v) is 4.70. The highest BCUT2D eigenvalue weighted by molar-refractivity contribution is 7.89. The molecule has 0 amide bonds. The van der Waals surface area contributed by atoms with Crippen molar-refractivity contribution in [3.8, 4) is 0 Å². The minimum Gasteiger partial charge on any atom is -0.480 e. The van der Waals surface area contributed by atoms with Crippen molar-refractivity contribution < 1.29 is 18.3 Å². The van der Waals surface area contributed by atoms with Crippen LogP contribution in [0.4, 0.5) is 5.82 Å². The van der Waals surface area contributed by atoms with Crippen LogP contribution in [-0.2, 0) is 21.4 Å². The summed E-state index contributed by atoms with van der Waals surface area (Å²) in [6, 6.07) is 11.4. The summed E-state index contributed by atoms with van der Waals surface area (Å²) < 4.78 is 27.6. The lowest BCUT2D eigenvalue weighted by Gasteiger charge is -2.21. The lowest BCUT2D eigenvalue weighted by atomic mass is 10.1. The molecule has 0 spiro atoms. The molecule has 0 aliphatic carbocycles. The number of aryl methyl sites for hydroxylation is 1. The molecule has 0 radical (unpaired) electrons. The zero-order valence-corrected chi connectivity index (χ0v) is 18.1. The molecule has 0 unspecified atom stereocenters. The number of nitrogens with two attached hydrogens (primary N) is 2. The van der Waals surface area contributed by atoms with Gasteiger partial charge in [-0.3, -0.25) is 4.79 Å². The molecule has 1 heterocycles. The number of guanidine groups is 1. The van der Waals surface area contributed by atoms with Crippen molar-refractivity contribution in [3.63, 3.8) is 0 Å². The molecule has 0 saturated heterocycles. The number of sulfonamides is 1. The molecule has 9 nitrogen and oxygen atoms in total. The van der Waals surface area contributed by atoms with Gasteiger partial charge in [-0.2, -0.15) is 9.30 Å². The second-order valence-electron chi connectivity index (χ2n) is 6.83. The van der Waals surface area contributed by atoms with E-state index in [4.69, 9.17) is 23.1 Å². The summed E-state index contributed by atoms with van der Waals surface area (Å²) in [5, 5.41) is 10.4. The molecular weight excluding hydrogens is 442 g/mol. The molecule has 3 aromatic rings. The van der Waals surface area contributed by atoms with E-state index in [0.717, 1.165) is 9.87 Å². The predicted molar refractivity (Wildman–Crippen MR) is 119 cm³/mol. The highest BCUT2D eigenvalue weighted by Gasteiger charge is 2.27. The van der Waals surface area contributed by atoms with E-state index in [1.165, 1.54) is 24.4 Å². The number of aromatic nitrogens is 1. The Morgan fingerprint density at radius 3 is 2.58 bits per heavy atom. The Labute approximate surface area is 184 Å². The molecule has 2 aromatic carbocycles. The van der Waals surface area contributed by atoms with Gasteiger partial charge in [0.1, 0.15) is 6.54 Å². The third kappa shape index (κ3) is 5.10. The zero-order valence-electron chi connectivity index (χ0n) is 16.5. The molecule has 0 atom stereocenters. The van der Waals surface area contributed by atoms with Gasteiger partial charge < -0.3 is 16.6 Å². The van der Waals surface area contributed by atoms with Crippen molar-refractivity contribution in [2.75, 3.05) is 6.54 Å². The van der Waals surface area contributed by atoms with E-state index in [9.17, 15) is 18.3 Å². The summed E-state index contributed by atoms with van der Waals surface area (Å²) in [4.78, 5) is 19.2. The molecule has 11 heteroatoms. The molecule has 3 rings (SSSR count). The van der Waals surface area contributed by atoms with Crippen LogP contribution in [0.1, 0.15) is 11.1 Å². The second-order valence-corrected chi connectivity index (χ2v) is 9.17. The lowest BCUT2D eigenvalue weighted by Crippen LogP contribution is -2.35. The number of pyridine rings is 1. The van der Waals surface area contributed by atoms with Gasteiger partial charge in [0.2, 0.25) is 10.0 Å². The standard InChI is InChI=1S/C20H20ClN5O4S/c1-12-3-2-4-13(7-12)10-26(11-18(27)28)31(29,30)14-5-6-15-16(8-14)19(25-20(22)23)24-9-17(15)21/h2-9H,10-11H2,1H3,(H,27,28)(H4,22,23,24,25). The molecule has 0 fully saturated rings. The van der Waals surface area contributed by atoms with E-state index in [2.05, 4.69) is 9.98 Å². The Hall–Kier alpha value is -3.21. The Bertz CT molecular complexity index is 1290. The summed E-state index contributed by atoms with van der Waals surface area (Å²) in [5.74, 6) is -1.43. The number of nitrogens with zero attached hydrogens (tertiary/aromatic N) is 3. The van der Waals surface area contributed by atoms with Gasteiger partial charge >= 0.3 is 5.97 Å². The van der Waals surface area contributed by atoms with Crippen molar-refractivity contribution in [2.24, 2.45) is 16.5 Å². The van der Waals surface area contributed by atoms with Gasteiger partial charge in [0.05, 0.1) is 9.92 Å². The highest BCUT2D eigenvalue weighted by atomic mass is 35.5. The van der Waals surface area contributed by atoms with Crippen LogP contribution in [0.15, 0.2) is 58.5 Å². The largest absolute Gasteiger partial charge is 0.480 e. The van der Waals surface area contributed by atoms with Gasteiger partial charge in [0.25, 0.3) is 0 Å². The number of halogens is 1. The average Bonchev–Trinajstić information content (AvgIpc) is 2.69. The molecular formula is C20H20ClN5O4S. The van der Waals surface area contributed by atoms with Crippen LogP contribution < -0.4 is 11.5 Å². The third-order valence-corrected chi connectivity index (χ3v) is 6.50. The van der Waals surface area contributed by atoms with Crippen LogP contribution in [0, 0.1) is 6.92 Å². The second kappa shape index (κ2) is 8.88. The fraction of sp³-hybridized carbons (Fsp3) is 0.150. The van der Waals surface area contributed by atoms with Crippen molar-refractivity contribution in [1.29, 1.82) is 0 Å². The SMILES string of the molecule is Cc1cccc(CN(CC(=O)O)S(=O)(=O)c2ccc3c(Cl)cnc(N=C(N)N)c3c2)c1. The molecule has 0 bridgehead atoms. The van der Waals surface area contributed by atoms with Gasteiger partial charge in [-0.05, 0) is 24.6 Å². The van der Waals surface area contributed by atoms with Crippen LogP contribution in [0.5, 0.6) is 0 Å². The maximum atomic E-state index is 13.3. The molecule has 162 valence electrons. The minimum absolute atomic E-state index is 0.0971. The Balaban J connectivity index is 2.12. The van der Waals surface area contributed by atoms with E-state index in [1.54, 1.807) is 18.2 Å². The van der Waals surface area contributed by atoms with Crippen molar-refractivity contribution >= 4 is 50.1 Å². The van der Waals surface area contributed by atoms with Crippen LogP contribution >= 0.6 is 11.6 Å². The zero-order chi connectivity index (χ0) is 22.8. The van der Waals surface area contributed by atoms with E-state index < -0.39 is 22.5 Å². The molecule has 0 aliphatic rings. The molecule has 1 aromatic heterocycles. The number of hydrogen-bond donors (Lipinski definition) is 3. The molecule has 5 N–H and O–H groups in total. The number of benzene rings is 2. The first-order valence-electron chi connectivity index (χ1n) is 9.03. The average molecular weight is 462 g/mol. The lowest BCUT2D eigenvalue weighted by molar-refractivity contribution is -0.137. The maximum absolute atomic E-state index is 13.3. The number of carboxylic acid groups (broad SMARTS) is 1. The van der Waals surface area contributed by atoms with Gasteiger partial charge in [-0.15, -0.1) is 0 Å². The van der Waals surface area contributed by atoms with Crippen LogP contribution in [0.2, 0.25) is 5.02 Å². The smallest absolute Gasteiger partial charge is 0.318 e. The van der Waals surface area contributed by atoms with Gasteiger partial charge in [-0.25, -0.2) is 13.4 Å². The first-order valence-corrected chi connectivity index (χ1v) is 10.8. The summed E-state index contributed by atoms with van der Waals surface area (Å²) in [7, 11) is -4.19. The molecule has 0 aliphatic heterocycles. The predicted octanol–water partition coefficient (Wildman–Crippen LogP) is 2.38. The molecule has 31 heavy (non-hydrogen) atoms. The topological polar surface area (TPSA) is 152 Å². The first-order chi connectivity index (χ1) is 14.6. The minimum atomic E-state index is -4.19. The number of aliphatic carboxylic acids is 1. The van der Waals surface area contributed by atoms with Crippen molar-refractivity contribution in [3.05, 3.63) is 64.8 Å². The van der Waals surface area contributed by atoms with Gasteiger partial charge in [0, 0.05) is 23.5 Å². The maximum Gasteiger partial charge on any atom is 0.318 e. The van der Waals surface area contributed by atoms with E-state index in [1.807, 2.05) is 13.0 Å². The number of aliphatic imine (C=N–C) groups is 1. The monoisotopic (exact) mass is 461 g/mol. The van der Waals surface area contributed by atoms with E-state index in [0.29, 0.717) is 16.3 Å². The van der Waals surface area contributed by atoms with Crippen molar-refractivity contribution in [1.82, 2.24) is 9.29 Å². The first kappa shape index (κ1) is 22.5. The van der Waals surface area contributed by atoms with E-state index in [-0.39, 0.29) is 28.2 Å². The highest BCUT2D eigenvalue weighted by Crippen LogP contribution is 2.32. The number of carbonyl (C=O) groups is 1. The van der Waals surface area contributed by atoms with Crippen LogP contribution in [0.3, 0.4) is 0 Å². The summed E-state index contributed by atoms with van der Waals surface area (Å²) >= 11 is 6.17. The van der Waals surface area contributed by atoms with Gasteiger partial charge in [-0.1, -0.05) is 47.5 Å². The summed E-state index contributed by atoms with van der Waals surface area (Å²) in [6.07, 6.45) is 1.36. The molecule has 0 saturated carbocycles. The summed E-state index contributed by atoms with van der Waals surface area (Å²) in [6.45, 7) is 1.05. The number of hydrogen-bond acceptors (Lipinski definition) is 5. The Kier molecular flexibility index (Phi) is 6.44. The van der Waals surface area contributed by atoms with Crippen LogP contribution in [-0.4, -0.2) is 41.3 Å². The Morgan fingerprint density at radius 1 is 1.19 bits per heavy atom. The summed E-state index contributed by atoms with van der Waals surface area (Å²) in [5.41, 5.74) is 12.5. The van der Waals surface area contributed by atoms with Crippen molar-refractivity contribution in [2.45, 2.75) is 18.4 Å². The quantitative estimate of drug-likeness (QED) is 0.360. The van der Waals surface area contributed by atoms with Gasteiger partial charge in [0.15, 0.2) is 11.8 Å². The van der Waals surface area contributed by atoms with E-state index >= 15 is 0 Å². The number of fused-ring (bicyclic) bond motifs is 1. The normalized spacial score (nSPS) is 11.6. The van der Waals surface area contributed by atoms with Crippen LogP contribution in [0.25, 0.3) is 10.8 Å². The third-order valence-electron chi connectivity index (χ3n) is 4.42. The number of carboxylic acids is 1. The number of rotatable bonds is 7. The Morgan fingerprint density at radius 2 is 1.94 bits per heavy atom. The fourth-order valence-electron chi connectivity index (χ4n) is 3.09.